The molecule has 2 rings (SSSR count). The van der Waals surface area contributed by atoms with E-state index >= 15 is 0 Å². The van der Waals surface area contributed by atoms with Gasteiger partial charge in [-0.3, -0.25) is 4.90 Å². The Morgan fingerprint density at radius 1 is 1.33 bits per heavy atom. The SMILES string of the molecule is CCN1CCOC(CNC)C1c1ccc(C)cc1. The van der Waals surface area contributed by atoms with E-state index in [4.69, 9.17) is 4.74 Å². The lowest BCUT2D eigenvalue weighted by Crippen LogP contribution is -2.48. The fourth-order valence-corrected chi connectivity index (χ4v) is 2.70. The predicted octanol–water partition coefficient (Wildman–Crippen LogP) is 1.98. The molecule has 1 aromatic rings. The molecule has 0 saturated carbocycles. The second-order valence-electron chi connectivity index (χ2n) is 4.95. The molecule has 18 heavy (non-hydrogen) atoms. The highest BCUT2D eigenvalue weighted by molar-refractivity contribution is 5.25. The molecule has 0 aromatic heterocycles. The third-order valence-corrected chi connectivity index (χ3v) is 3.69. The number of ether oxygens (including phenoxy) is 1. The first-order chi connectivity index (χ1) is 8.76. The number of morpholine rings is 1. The topological polar surface area (TPSA) is 24.5 Å². The number of nitrogens with zero attached hydrogens (tertiary/aromatic N) is 1. The van der Waals surface area contributed by atoms with Crippen molar-refractivity contribution in [3.8, 4) is 0 Å². The molecular weight excluding hydrogens is 224 g/mol. The minimum absolute atomic E-state index is 0.242. The van der Waals surface area contributed by atoms with E-state index in [0.717, 1.165) is 26.2 Å². The van der Waals surface area contributed by atoms with Gasteiger partial charge in [0.15, 0.2) is 0 Å². The van der Waals surface area contributed by atoms with Crippen LogP contribution in [0.5, 0.6) is 0 Å². The second kappa shape index (κ2) is 6.32. The molecule has 1 N–H and O–H groups in total. The number of nitrogens with one attached hydrogen (secondary N) is 1. The van der Waals surface area contributed by atoms with Crippen LogP contribution in [0.1, 0.15) is 24.1 Å². The molecule has 1 aromatic carbocycles. The number of benzene rings is 1. The average Bonchev–Trinajstić information content (AvgIpc) is 2.40. The molecule has 0 bridgehead atoms. The Hall–Kier alpha value is -0.900. The molecule has 1 saturated heterocycles. The Bertz CT molecular complexity index is 361. The largest absolute Gasteiger partial charge is 0.374 e. The molecule has 3 heteroatoms. The summed E-state index contributed by atoms with van der Waals surface area (Å²) in [4.78, 5) is 2.51. The van der Waals surface area contributed by atoms with Gasteiger partial charge in [0.2, 0.25) is 0 Å². The van der Waals surface area contributed by atoms with Crippen LogP contribution >= 0.6 is 0 Å². The van der Waals surface area contributed by atoms with Gasteiger partial charge in [-0.15, -0.1) is 0 Å². The van der Waals surface area contributed by atoms with Crippen molar-refractivity contribution in [2.75, 3.05) is 33.3 Å². The first kappa shape index (κ1) is 13.5. The zero-order chi connectivity index (χ0) is 13.0. The van der Waals surface area contributed by atoms with Crippen molar-refractivity contribution in [3.63, 3.8) is 0 Å². The number of aryl methyl sites for hydroxylation is 1. The van der Waals surface area contributed by atoms with E-state index in [-0.39, 0.29) is 6.10 Å². The van der Waals surface area contributed by atoms with E-state index in [9.17, 15) is 0 Å². The Morgan fingerprint density at radius 2 is 2.06 bits per heavy atom. The van der Waals surface area contributed by atoms with Gasteiger partial charge >= 0.3 is 0 Å². The highest BCUT2D eigenvalue weighted by Crippen LogP contribution is 2.29. The van der Waals surface area contributed by atoms with Gasteiger partial charge in [0.05, 0.1) is 18.8 Å². The molecule has 1 heterocycles. The third kappa shape index (κ3) is 2.91. The minimum Gasteiger partial charge on any atom is -0.374 e. The van der Waals surface area contributed by atoms with Crippen LogP contribution in [0.4, 0.5) is 0 Å². The van der Waals surface area contributed by atoms with Gasteiger partial charge in [-0.2, -0.15) is 0 Å². The monoisotopic (exact) mass is 248 g/mol. The average molecular weight is 248 g/mol. The smallest absolute Gasteiger partial charge is 0.0896 e. The van der Waals surface area contributed by atoms with E-state index in [1.807, 2.05) is 7.05 Å². The van der Waals surface area contributed by atoms with Crippen LogP contribution < -0.4 is 5.32 Å². The summed E-state index contributed by atoms with van der Waals surface area (Å²) in [6.07, 6.45) is 0.242. The Labute approximate surface area is 110 Å². The van der Waals surface area contributed by atoms with Gasteiger partial charge in [0.25, 0.3) is 0 Å². The Balaban J connectivity index is 2.24. The van der Waals surface area contributed by atoms with Crippen molar-refractivity contribution in [1.29, 1.82) is 0 Å². The first-order valence-corrected chi connectivity index (χ1v) is 6.83. The van der Waals surface area contributed by atoms with Crippen molar-refractivity contribution >= 4 is 0 Å². The summed E-state index contributed by atoms with van der Waals surface area (Å²) in [5.74, 6) is 0. The zero-order valence-corrected chi connectivity index (χ0v) is 11.6. The lowest BCUT2D eigenvalue weighted by atomic mass is 9.97. The van der Waals surface area contributed by atoms with E-state index in [0.29, 0.717) is 6.04 Å². The van der Waals surface area contributed by atoms with Crippen LogP contribution in [0, 0.1) is 6.92 Å². The molecule has 1 aliphatic heterocycles. The minimum atomic E-state index is 0.242. The maximum atomic E-state index is 5.94. The quantitative estimate of drug-likeness (QED) is 0.882. The van der Waals surface area contributed by atoms with Gasteiger partial charge < -0.3 is 10.1 Å². The van der Waals surface area contributed by atoms with Crippen LogP contribution in [0.2, 0.25) is 0 Å². The van der Waals surface area contributed by atoms with Crippen LogP contribution in [0.25, 0.3) is 0 Å². The number of rotatable bonds is 4. The van der Waals surface area contributed by atoms with E-state index < -0.39 is 0 Å². The van der Waals surface area contributed by atoms with Gasteiger partial charge in [-0.05, 0) is 26.1 Å². The maximum absolute atomic E-state index is 5.94. The molecule has 2 atom stereocenters. The van der Waals surface area contributed by atoms with Crippen molar-refractivity contribution in [2.24, 2.45) is 0 Å². The van der Waals surface area contributed by atoms with E-state index in [1.165, 1.54) is 11.1 Å². The molecule has 0 aliphatic carbocycles. The summed E-state index contributed by atoms with van der Waals surface area (Å²) in [6.45, 7) is 8.18. The Kier molecular flexibility index (Phi) is 4.75. The predicted molar refractivity (Wildman–Crippen MR) is 74.8 cm³/mol. The van der Waals surface area contributed by atoms with Crippen LogP contribution in [0.15, 0.2) is 24.3 Å². The van der Waals surface area contributed by atoms with Crippen molar-refractivity contribution in [1.82, 2.24) is 10.2 Å². The molecule has 3 nitrogen and oxygen atoms in total. The van der Waals surface area contributed by atoms with Crippen molar-refractivity contribution in [2.45, 2.75) is 26.0 Å². The molecule has 0 radical (unpaired) electrons. The summed E-state index contributed by atoms with van der Waals surface area (Å²) in [6, 6.07) is 9.22. The molecular formula is C15H24N2O. The second-order valence-corrected chi connectivity index (χ2v) is 4.95. The molecule has 2 unspecified atom stereocenters. The lowest BCUT2D eigenvalue weighted by Gasteiger charge is -2.41. The van der Waals surface area contributed by atoms with Crippen LogP contribution in [-0.2, 0) is 4.74 Å². The Morgan fingerprint density at radius 3 is 2.67 bits per heavy atom. The summed E-state index contributed by atoms with van der Waals surface area (Å²) in [5, 5.41) is 3.24. The highest BCUT2D eigenvalue weighted by Gasteiger charge is 2.32. The fraction of sp³-hybridized carbons (Fsp3) is 0.600. The van der Waals surface area contributed by atoms with E-state index in [1.54, 1.807) is 0 Å². The maximum Gasteiger partial charge on any atom is 0.0896 e. The molecule has 1 fully saturated rings. The van der Waals surface area contributed by atoms with E-state index in [2.05, 4.69) is 48.3 Å². The highest BCUT2D eigenvalue weighted by atomic mass is 16.5. The van der Waals surface area contributed by atoms with Gasteiger partial charge in [0, 0.05) is 13.1 Å². The van der Waals surface area contributed by atoms with Gasteiger partial charge in [0.1, 0.15) is 0 Å². The zero-order valence-electron chi connectivity index (χ0n) is 11.6. The van der Waals surface area contributed by atoms with Gasteiger partial charge in [-0.1, -0.05) is 36.8 Å². The third-order valence-electron chi connectivity index (χ3n) is 3.69. The number of likely N-dealkylation sites (N-methyl/N-ethyl adjacent to an activating group) is 2. The summed E-state index contributed by atoms with van der Waals surface area (Å²) < 4.78 is 5.94. The normalized spacial score (nSPS) is 25.3. The standard InChI is InChI=1S/C15H24N2O/c1-4-17-9-10-18-14(11-16-3)15(17)13-7-5-12(2)6-8-13/h5-8,14-16H,4,9-11H2,1-3H3. The lowest BCUT2D eigenvalue weighted by molar-refractivity contribution is -0.0686. The summed E-state index contributed by atoms with van der Waals surface area (Å²) in [5.41, 5.74) is 2.67. The summed E-state index contributed by atoms with van der Waals surface area (Å²) >= 11 is 0. The molecule has 0 spiro atoms. The van der Waals surface area contributed by atoms with Gasteiger partial charge in [-0.25, -0.2) is 0 Å². The molecule has 100 valence electrons. The van der Waals surface area contributed by atoms with Crippen LogP contribution in [-0.4, -0.2) is 44.3 Å². The molecule has 1 aliphatic rings. The number of hydrogen-bond donors (Lipinski definition) is 1. The van der Waals surface area contributed by atoms with Crippen molar-refractivity contribution in [3.05, 3.63) is 35.4 Å². The fourth-order valence-electron chi connectivity index (χ4n) is 2.70. The first-order valence-electron chi connectivity index (χ1n) is 6.83. The van der Waals surface area contributed by atoms with Crippen molar-refractivity contribution < 1.29 is 4.74 Å². The number of hydrogen-bond acceptors (Lipinski definition) is 3. The van der Waals surface area contributed by atoms with Crippen LogP contribution in [0.3, 0.4) is 0 Å². The summed E-state index contributed by atoms with van der Waals surface area (Å²) in [7, 11) is 1.99. The molecule has 0 amide bonds.